The molecular formula is C19H26N4O2. The number of aliphatic hydroxyl groups is 1. The highest BCUT2D eigenvalue weighted by Gasteiger charge is 2.18. The summed E-state index contributed by atoms with van der Waals surface area (Å²) in [5.74, 6) is 0.511. The third kappa shape index (κ3) is 4.39. The molecule has 6 heteroatoms. The maximum atomic E-state index is 10.3. The monoisotopic (exact) mass is 342 g/mol. The molecule has 0 aliphatic carbocycles. The van der Waals surface area contributed by atoms with E-state index in [1.807, 2.05) is 12.1 Å². The highest BCUT2D eigenvalue weighted by atomic mass is 16.3. The zero-order valence-electron chi connectivity index (χ0n) is 14.4. The van der Waals surface area contributed by atoms with Crippen LogP contribution in [0, 0.1) is 0 Å². The molecule has 1 aromatic carbocycles. The minimum Gasteiger partial charge on any atom is -0.507 e. The normalized spacial score (nSPS) is 19.6. The lowest BCUT2D eigenvalue weighted by molar-refractivity contribution is 0.164. The summed E-state index contributed by atoms with van der Waals surface area (Å²) >= 11 is 0. The number of aliphatic hydroxyl groups excluding tert-OH is 1. The van der Waals surface area contributed by atoms with Gasteiger partial charge in [-0.15, -0.1) is 10.2 Å². The number of phenolic OH excluding ortho intramolecular Hbond substituents is 1. The summed E-state index contributed by atoms with van der Waals surface area (Å²) in [5, 5.41) is 28.6. The fraction of sp³-hybridized carbons (Fsp3) is 0.474. The largest absolute Gasteiger partial charge is 0.507 e. The molecule has 1 saturated heterocycles. The Morgan fingerprint density at radius 1 is 1.04 bits per heavy atom. The van der Waals surface area contributed by atoms with E-state index in [4.69, 9.17) is 5.73 Å². The van der Waals surface area contributed by atoms with Crippen molar-refractivity contribution in [1.82, 2.24) is 10.2 Å². The zero-order chi connectivity index (χ0) is 17.6. The minimum absolute atomic E-state index is 0.161. The van der Waals surface area contributed by atoms with Crippen LogP contribution in [0.15, 0.2) is 30.3 Å². The first-order valence-electron chi connectivity index (χ1n) is 8.99. The Labute approximate surface area is 148 Å². The van der Waals surface area contributed by atoms with Crippen molar-refractivity contribution in [1.29, 1.82) is 0 Å². The van der Waals surface area contributed by atoms with Gasteiger partial charge in [-0.1, -0.05) is 37.8 Å². The Morgan fingerprint density at radius 2 is 1.80 bits per heavy atom. The van der Waals surface area contributed by atoms with Crippen molar-refractivity contribution in [3.63, 3.8) is 0 Å². The number of aromatic nitrogens is 2. The van der Waals surface area contributed by atoms with Crippen LogP contribution in [0.4, 0.5) is 11.5 Å². The first-order chi connectivity index (χ1) is 12.1. The minimum atomic E-state index is -0.376. The predicted octanol–water partition coefficient (Wildman–Crippen LogP) is 2.95. The molecule has 134 valence electrons. The van der Waals surface area contributed by atoms with Gasteiger partial charge in [-0.3, -0.25) is 0 Å². The summed E-state index contributed by atoms with van der Waals surface area (Å²) in [6, 6.07) is 8.90. The Morgan fingerprint density at radius 3 is 2.64 bits per heavy atom. The van der Waals surface area contributed by atoms with E-state index < -0.39 is 0 Å². The number of phenols is 1. The van der Waals surface area contributed by atoms with E-state index in [1.165, 1.54) is 19.3 Å². The summed E-state index contributed by atoms with van der Waals surface area (Å²) in [4.78, 5) is 2.10. The highest BCUT2D eigenvalue weighted by molar-refractivity contribution is 5.73. The summed E-state index contributed by atoms with van der Waals surface area (Å²) in [7, 11) is 0. The molecule has 1 aliphatic heterocycles. The van der Waals surface area contributed by atoms with Crippen molar-refractivity contribution in [3.8, 4) is 17.0 Å². The standard InChI is InChI=1S/C19H26N4O2/c20-19-17(23-11-7-3-1-2-4-8-14(24)13-23)12-16(21-22-19)15-9-5-6-10-18(15)25/h5-6,9-10,12,14,24-25H,1-4,7-8,11,13H2,(H2,20,22)/t14-/m1/s1. The van der Waals surface area contributed by atoms with Crippen LogP contribution in [0.3, 0.4) is 0 Å². The number of rotatable bonds is 2. The number of anilines is 2. The molecule has 1 fully saturated rings. The number of hydrogen-bond donors (Lipinski definition) is 3. The number of benzene rings is 1. The Bertz CT molecular complexity index is 708. The quantitative estimate of drug-likeness (QED) is 0.776. The van der Waals surface area contributed by atoms with Gasteiger partial charge in [0.1, 0.15) is 5.75 Å². The molecule has 0 bridgehead atoms. The second-order valence-corrected chi connectivity index (χ2v) is 6.67. The molecule has 3 rings (SSSR count). The molecule has 0 spiro atoms. The highest BCUT2D eigenvalue weighted by Crippen LogP contribution is 2.31. The van der Waals surface area contributed by atoms with Crippen molar-refractivity contribution in [2.75, 3.05) is 23.7 Å². The van der Waals surface area contributed by atoms with Gasteiger partial charge < -0.3 is 20.8 Å². The van der Waals surface area contributed by atoms with Crippen molar-refractivity contribution in [2.45, 2.75) is 44.6 Å². The van der Waals surface area contributed by atoms with Crippen LogP contribution in [-0.4, -0.2) is 39.6 Å². The van der Waals surface area contributed by atoms with Crippen LogP contribution >= 0.6 is 0 Å². The van der Waals surface area contributed by atoms with Gasteiger partial charge in [0.15, 0.2) is 5.82 Å². The van der Waals surface area contributed by atoms with Crippen molar-refractivity contribution in [2.24, 2.45) is 0 Å². The van der Waals surface area contributed by atoms with Gasteiger partial charge in [0.25, 0.3) is 0 Å². The first-order valence-corrected chi connectivity index (χ1v) is 8.99. The van der Waals surface area contributed by atoms with E-state index in [9.17, 15) is 10.2 Å². The van der Waals surface area contributed by atoms with Crippen LogP contribution in [-0.2, 0) is 0 Å². The number of nitrogens with two attached hydrogens (primary N) is 1. The van der Waals surface area contributed by atoms with Gasteiger partial charge in [-0.2, -0.15) is 0 Å². The number of hydrogen-bond acceptors (Lipinski definition) is 6. The fourth-order valence-electron chi connectivity index (χ4n) is 3.34. The van der Waals surface area contributed by atoms with Gasteiger partial charge in [-0.05, 0) is 31.0 Å². The van der Waals surface area contributed by atoms with Gasteiger partial charge in [0, 0.05) is 18.7 Å². The Kier molecular flexibility index (Phi) is 5.71. The van der Waals surface area contributed by atoms with E-state index >= 15 is 0 Å². The molecule has 0 amide bonds. The van der Waals surface area contributed by atoms with E-state index in [1.54, 1.807) is 18.2 Å². The van der Waals surface area contributed by atoms with Crippen molar-refractivity contribution in [3.05, 3.63) is 30.3 Å². The molecule has 1 atom stereocenters. The summed E-state index contributed by atoms with van der Waals surface area (Å²) < 4.78 is 0. The molecule has 0 saturated carbocycles. The van der Waals surface area contributed by atoms with Crippen LogP contribution < -0.4 is 10.6 Å². The van der Waals surface area contributed by atoms with E-state index in [0.717, 1.165) is 31.5 Å². The molecule has 1 aromatic heterocycles. The average molecular weight is 342 g/mol. The van der Waals surface area contributed by atoms with Gasteiger partial charge in [0.2, 0.25) is 0 Å². The second kappa shape index (κ2) is 8.16. The van der Waals surface area contributed by atoms with Crippen LogP contribution in [0.25, 0.3) is 11.3 Å². The smallest absolute Gasteiger partial charge is 0.169 e. The summed E-state index contributed by atoms with van der Waals surface area (Å²) in [6.07, 6.45) is 6.11. The summed E-state index contributed by atoms with van der Waals surface area (Å²) in [5.41, 5.74) is 8.05. The Hall–Kier alpha value is -2.34. The zero-order valence-corrected chi connectivity index (χ0v) is 14.4. The lowest BCUT2D eigenvalue weighted by Gasteiger charge is -2.29. The molecule has 2 aromatic rings. The third-order valence-electron chi connectivity index (χ3n) is 4.72. The predicted molar refractivity (Wildman–Crippen MR) is 99.5 cm³/mol. The molecule has 0 radical (unpaired) electrons. The molecule has 4 N–H and O–H groups in total. The maximum absolute atomic E-state index is 10.3. The van der Waals surface area contributed by atoms with Crippen LogP contribution in [0.5, 0.6) is 5.75 Å². The maximum Gasteiger partial charge on any atom is 0.169 e. The van der Waals surface area contributed by atoms with Gasteiger partial charge in [0.05, 0.1) is 17.5 Å². The van der Waals surface area contributed by atoms with E-state index in [2.05, 4.69) is 15.1 Å². The van der Waals surface area contributed by atoms with Crippen molar-refractivity contribution >= 4 is 11.5 Å². The average Bonchev–Trinajstić information content (AvgIpc) is 2.61. The fourth-order valence-corrected chi connectivity index (χ4v) is 3.34. The molecule has 0 unspecified atom stereocenters. The molecule has 6 nitrogen and oxygen atoms in total. The van der Waals surface area contributed by atoms with E-state index in [-0.39, 0.29) is 11.9 Å². The van der Waals surface area contributed by atoms with Gasteiger partial charge in [-0.25, -0.2) is 0 Å². The third-order valence-corrected chi connectivity index (χ3v) is 4.72. The molecule has 2 heterocycles. The summed E-state index contributed by atoms with van der Waals surface area (Å²) in [6.45, 7) is 1.36. The lowest BCUT2D eigenvalue weighted by Crippen LogP contribution is -2.34. The number of β-amino-alcohol motifs (C(OH)–C–C–N with tert-alkyl or cyclic N) is 1. The van der Waals surface area contributed by atoms with Crippen molar-refractivity contribution < 1.29 is 10.2 Å². The Balaban J connectivity index is 1.91. The second-order valence-electron chi connectivity index (χ2n) is 6.67. The van der Waals surface area contributed by atoms with Gasteiger partial charge >= 0.3 is 0 Å². The topological polar surface area (TPSA) is 95.5 Å². The molecular weight excluding hydrogens is 316 g/mol. The number of nitrogen functional groups attached to an aromatic ring is 1. The van der Waals surface area contributed by atoms with E-state index in [0.29, 0.717) is 23.6 Å². The SMILES string of the molecule is Nc1nnc(-c2ccccc2O)cc1N1CCCCCCC[C@@H](O)C1. The van der Waals surface area contributed by atoms with Crippen LogP contribution in [0.1, 0.15) is 38.5 Å². The molecule has 1 aliphatic rings. The first kappa shape index (κ1) is 17.5. The van der Waals surface area contributed by atoms with Crippen LogP contribution in [0.2, 0.25) is 0 Å². The number of para-hydroxylation sites is 1. The number of aromatic hydroxyl groups is 1. The lowest BCUT2D eigenvalue weighted by atomic mass is 10.0. The molecule has 25 heavy (non-hydrogen) atoms. The number of nitrogens with zero attached hydrogens (tertiary/aromatic N) is 3.